The highest BCUT2D eigenvalue weighted by molar-refractivity contribution is 5.92. The molecule has 0 bridgehead atoms. The van der Waals surface area contributed by atoms with Crippen LogP contribution in [0.15, 0.2) is 24.4 Å². The Morgan fingerprint density at radius 1 is 1.60 bits per heavy atom. The van der Waals surface area contributed by atoms with E-state index in [9.17, 15) is 4.79 Å². The van der Waals surface area contributed by atoms with E-state index in [1.807, 2.05) is 0 Å². The van der Waals surface area contributed by atoms with Gasteiger partial charge in [-0.25, -0.2) is 4.98 Å². The van der Waals surface area contributed by atoms with Crippen molar-refractivity contribution in [1.29, 1.82) is 0 Å². The Morgan fingerprint density at radius 3 is 2.90 bits per heavy atom. The number of aromatic nitrogens is 1. The van der Waals surface area contributed by atoms with Crippen molar-refractivity contribution in [3.05, 3.63) is 31.3 Å². The molecule has 1 N–H and O–H groups in total. The van der Waals surface area contributed by atoms with Crippen LogP contribution in [0.25, 0.3) is 0 Å². The maximum atomic E-state index is 10.2. The molecule has 0 spiro atoms. The molecule has 3 heteroatoms. The summed E-state index contributed by atoms with van der Waals surface area (Å²) in [5.41, 5.74) is 0. The fourth-order valence-corrected chi connectivity index (χ4v) is 0.563. The third-order valence-electron chi connectivity index (χ3n) is 0.916. The molecule has 0 aliphatic carbocycles. The topological polar surface area (TPSA) is 42.0 Å². The van der Waals surface area contributed by atoms with E-state index in [0.717, 1.165) is 0 Å². The zero-order valence-corrected chi connectivity index (χ0v) is 5.24. The molecule has 0 unspecified atom stereocenters. The molecule has 0 fully saturated rings. The Bertz CT molecular complexity index is 220. The summed E-state index contributed by atoms with van der Waals surface area (Å²) in [5, 5.41) is 2.33. The Labute approximate surface area is 59.1 Å². The van der Waals surface area contributed by atoms with Gasteiger partial charge in [-0.3, -0.25) is 4.79 Å². The molecule has 50 valence electrons. The molecule has 1 aromatic rings. The second-order valence-electron chi connectivity index (χ2n) is 1.70. The first kappa shape index (κ1) is 6.74. The van der Waals surface area contributed by atoms with Gasteiger partial charge in [0.2, 0.25) is 5.91 Å². The molecule has 1 aromatic heterocycles. The van der Waals surface area contributed by atoms with Crippen molar-refractivity contribution >= 4 is 11.7 Å². The quantitative estimate of drug-likeness (QED) is 0.615. The third kappa shape index (κ3) is 1.85. The number of nitrogens with zero attached hydrogens (tertiary/aromatic N) is 1. The Kier molecular flexibility index (Phi) is 1.99. The van der Waals surface area contributed by atoms with Gasteiger partial charge in [0.25, 0.3) is 0 Å². The monoisotopic (exact) mass is 134 g/mol. The first-order valence-electron chi connectivity index (χ1n) is 2.76. The zero-order chi connectivity index (χ0) is 7.40. The SMILES string of the molecule is [CH]C(=O)Nc1ccccn1. The van der Waals surface area contributed by atoms with Gasteiger partial charge in [0.05, 0.1) is 6.92 Å². The summed E-state index contributed by atoms with van der Waals surface area (Å²) in [6, 6.07) is 5.18. The van der Waals surface area contributed by atoms with Crippen LogP contribution in [0.3, 0.4) is 0 Å². The number of rotatable bonds is 1. The molecule has 0 aromatic carbocycles. The Morgan fingerprint density at radius 2 is 2.40 bits per heavy atom. The number of amides is 1. The van der Waals surface area contributed by atoms with Gasteiger partial charge in [-0.05, 0) is 12.1 Å². The van der Waals surface area contributed by atoms with Gasteiger partial charge in [0.15, 0.2) is 0 Å². The number of hydrogen-bond donors (Lipinski definition) is 1. The van der Waals surface area contributed by atoms with Crippen molar-refractivity contribution in [2.75, 3.05) is 5.32 Å². The Hall–Kier alpha value is -1.38. The average Bonchev–Trinajstić information content (AvgIpc) is 1.88. The molecule has 1 amide bonds. The van der Waals surface area contributed by atoms with Crippen molar-refractivity contribution in [3.8, 4) is 0 Å². The number of carbonyl (C=O) groups is 1. The normalized spacial score (nSPS) is 8.90. The van der Waals surface area contributed by atoms with Crippen LogP contribution in [-0.4, -0.2) is 10.9 Å². The lowest BCUT2D eigenvalue weighted by Crippen LogP contribution is -2.06. The minimum absolute atomic E-state index is 0.468. The molecule has 3 nitrogen and oxygen atoms in total. The lowest BCUT2D eigenvalue weighted by molar-refractivity contribution is -0.112. The van der Waals surface area contributed by atoms with Crippen molar-refractivity contribution in [3.63, 3.8) is 0 Å². The number of anilines is 1. The molecule has 0 atom stereocenters. The van der Waals surface area contributed by atoms with E-state index >= 15 is 0 Å². The molecule has 0 saturated carbocycles. The van der Waals surface area contributed by atoms with E-state index in [1.165, 1.54) is 0 Å². The van der Waals surface area contributed by atoms with Crippen LogP contribution in [0.1, 0.15) is 0 Å². The molecule has 1 rings (SSSR count). The van der Waals surface area contributed by atoms with E-state index in [2.05, 4.69) is 10.3 Å². The third-order valence-corrected chi connectivity index (χ3v) is 0.916. The summed E-state index contributed by atoms with van der Waals surface area (Å²) in [4.78, 5) is 14.0. The van der Waals surface area contributed by atoms with Crippen molar-refractivity contribution in [2.24, 2.45) is 0 Å². The predicted octanol–water partition coefficient (Wildman–Crippen LogP) is 0.731. The number of nitrogens with one attached hydrogen (secondary N) is 1. The molecule has 2 radical (unpaired) electrons. The van der Waals surface area contributed by atoms with E-state index in [4.69, 9.17) is 6.92 Å². The van der Waals surface area contributed by atoms with E-state index < -0.39 is 5.91 Å². The van der Waals surface area contributed by atoms with Crippen molar-refractivity contribution < 1.29 is 4.79 Å². The maximum Gasteiger partial charge on any atom is 0.230 e. The van der Waals surface area contributed by atoms with Crippen LogP contribution in [0.4, 0.5) is 5.82 Å². The molecular weight excluding hydrogens is 128 g/mol. The first-order chi connectivity index (χ1) is 4.79. The van der Waals surface area contributed by atoms with Crippen LogP contribution in [0.2, 0.25) is 0 Å². The molecule has 0 aliphatic heterocycles. The molecule has 10 heavy (non-hydrogen) atoms. The second-order valence-corrected chi connectivity index (χ2v) is 1.70. The van der Waals surface area contributed by atoms with Gasteiger partial charge < -0.3 is 5.32 Å². The lowest BCUT2D eigenvalue weighted by Gasteiger charge is -1.96. The fraction of sp³-hybridized carbons (Fsp3) is 0. The summed E-state index contributed by atoms with van der Waals surface area (Å²) < 4.78 is 0. The lowest BCUT2D eigenvalue weighted by atomic mass is 10.4. The highest BCUT2D eigenvalue weighted by Crippen LogP contribution is 1.97. The van der Waals surface area contributed by atoms with Gasteiger partial charge in [-0.15, -0.1) is 0 Å². The van der Waals surface area contributed by atoms with E-state index in [-0.39, 0.29) is 0 Å². The molecule has 0 saturated heterocycles. The highest BCUT2D eigenvalue weighted by atomic mass is 16.1. The Balaban J connectivity index is 2.67. The predicted molar refractivity (Wildman–Crippen MR) is 37.2 cm³/mol. The summed E-state index contributed by atoms with van der Waals surface area (Å²) in [6.45, 7) is 4.83. The van der Waals surface area contributed by atoms with Gasteiger partial charge in [0.1, 0.15) is 5.82 Å². The summed E-state index contributed by atoms with van der Waals surface area (Å²) >= 11 is 0. The molecule has 1 heterocycles. The van der Waals surface area contributed by atoms with Crippen LogP contribution >= 0.6 is 0 Å². The van der Waals surface area contributed by atoms with Crippen molar-refractivity contribution in [2.45, 2.75) is 0 Å². The fourth-order valence-electron chi connectivity index (χ4n) is 0.563. The summed E-state index contributed by atoms with van der Waals surface area (Å²) in [6.07, 6.45) is 1.57. The van der Waals surface area contributed by atoms with Crippen LogP contribution in [0, 0.1) is 6.92 Å². The smallest absolute Gasteiger partial charge is 0.230 e. The van der Waals surface area contributed by atoms with Gasteiger partial charge in [0, 0.05) is 6.20 Å². The zero-order valence-electron chi connectivity index (χ0n) is 5.24. The minimum atomic E-state index is -0.598. The maximum absolute atomic E-state index is 10.2. The standard InChI is InChI=1S/C7H6N2O/c1-6(10)9-7-4-2-3-5-8-7/h1-5H,(H,8,9,10). The van der Waals surface area contributed by atoms with E-state index in [1.54, 1.807) is 24.4 Å². The van der Waals surface area contributed by atoms with E-state index in [0.29, 0.717) is 5.82 Å². The highest BCUT2D eigenvalue weighted by Gasteiger charge is 1.92. The van der Waals surface area contributed by atoms with Gasteiger partial charge in [-0.1, -0.05) is 6.07 Å². The van der Waals surface area contributed by atoms with Crippen LogP contribution in [0.5, 0.6) is 0 Å². The average molecular weight is 134 g/mol. The first-order valence-corrected chi connectivity index (χ1v) is 2.76. The number of hydrogen-bond acceptors (Lipinski definition) is 2. The summed E-state index contributed by atoms with van der Waals surface area (Å²) in [5.74, 6) is -0.131. The van der Waals surface area contributed by atoms with Crippen molar-refractivity contribution in [1.82, 2.24) is 4.98 Å². The summed E-state index contributed by atoms with van der Waals surface area (Å²) in [7, 11) is 0. The minimum Gasteiger partial charge on any atom is -0.310 e. The van der Waals surface area contributed by atoms with Gasteiger partial charge in [-0.2, -0.15) is 0 Å². The number of carbonyl (C=O) groups excluding carboxylic acids is 1. The van der Waals surface area contributed by atoms with Crippen LogP contribution < -0.4 is 5.32 Å². The second kappa shape index (κ2) is 2.96. The molecular formula is C7H6N2O. The van der Waals surface area contributed by atoms with Gasteiger partial charge >= 0.3 is 0 Å². The van der Waals surface area contributed by atoms with Crippen LogP contribution in [-0.2, 0) is 4.79 Å². The molecule has 0 aliphatic rings. The largest absolute Gasteiger partial charge is 0.310 e. The number of pyridine rings is 1.